The Morgan fingerprint density at radius 1 is 0.862 bits per heavy atom. The molecule has 0 amide bonds. The summed E-state index contributed by atoms with van der Waals surface area (Å²) in [6.07, 6.45) is 1.77. The van der Waals surface area contributed by atoms with Crippen molar-refractivity contribution >= 4 is 11.8 Å². The number of aromatic nitrogens is 3. The lowest BCUT2D eigenvalue weighted by Crippen LogP contribution is -2.46. The molecule has 0 bridgehead atoms. The molecule has 150 valence electrons. The van der Waals surface area contributed by atoms with Gasteiger partial charge in [0.05, 0.1) is 6.20 Å². The molecule has 0 spiro atoms. The van der Waals surface area contributed by atoms with Gasteiger partial charge in [0, 0.05) is 45.8 Å². The Bertz CT molecular complexity index is 878. The van der Waals surface area contributed by atoms with E-state index in [0.717, 1.165) is 57.6 Å². The minimum atomic E-state index is 0.730. The number of rotatable bonds is 7. The third-order valence-electron chi connectivity index (χ3n) is 5.36. The first-order chi connectivity index (χ1) is 14.3. The zero-order chi connectivity index (χ0) is 19.9. The predicted molar refractivity (Wildman–Crippen MR) is 117 cm³/mol. The van der Waals surface area contributed by atoms with Crippen LogP contribution in [0, 0.1) is 0 Å². The number of hydrogen-bond acceptors (Lipinski definition) is 6. The molecule has 1 aliphatic rings. The number of anilines is 2. The van der Waals surface area contributed by atoms with Gasteiger partial charge in [0.2, 0.25) is 5.95 Å². The highest BCUT2D eigenvalue weighted by molar-refractivity contribution is 5.42. The third-order valence-corrected chi connectivity index (χ3v) is 5.36. The van der Waals surface area contributed by atoms with E-state index >= 15 is 0 Å². The molecule has 0 N–H and O–H groups in total. The molecule has 0 aliphatic carbocycles. The van der Waals surface area contributed by atoms with Crippen molar-refractivity contribution in [2.75, 3.05) is 42.5 Å². The molecule has 29 heavy (non-hydrogen) atoms. The van der Waals surface area contributed by atoms with Crippen molar-refractivity contribution in [3.8, 4) is 0 Å². The van der Waals surface area contributed by atoms with Crippen LogP contribution in [0.15, 0.2) is 66.9 Å². The Hall–Kier alpha value is -2.99. The fourth-order valence-corrected chi connectivity index (χ4v) is 3.68. The first-order valence-corrected chi connectivity index (χ1v) is 10.3. The maximum Gasteiger partial charge on any atom is 0.247 e. The van der Waals surface area contributed by atoms with Crippen molar-refractivity contribution in [3.05, 3.63) is 78.0 Å². The predicted octanol–water partition coefficient (Wildman–Crippen LogP) is 3.22. The van der Waals surface area contributed by atoms with Gasteiger partial charge in [0.25, 0.3) is 0 Å². The van der Waals surface area contributed by atoms with E-state index in [9.17, 15) is 0 Å². The summed E-state index contributed by atoms with van der Waals surface area (Å²) in [5.41, 5.74) is 2.63. The van der Waals surface area contributed by atoms with E-state index in [4.69, 9.17) is 4.98 Å². The summed E-state index contributed by atoms with van der Waals surface area (Å²) < 4.78 is 0. The van der Waals surface area contributed by atoms with Gasteiger partial charge in [-0.2, -0.15) is 10.1 Å². The average molecular weight is 389 g/mol. The van der Waals surface area contributed by atoms with Crippen LogP contribution in [-0.4, -0.2) is 52.8 Å². The summed E-state index contributed by atoms with van der Waals surface area (Å²) in [5, 5.41) is 8.56. The normalized spacial score (nSPS) is 14.7. The molecule has 0 unspecified atom stereocenters. The van der Waals surface area contributed by atoms with E-state index in [1.54, 1.807) is 6.20 Å². The van der Waals surface area contributed by atoms with E-state index in [2.05, 4.69) is 86.4 Å². The molecule has 0 radical (unpaired) electrons. The molecular formula is C23H28N6. The van der Waals surface area contributed by atoms with Gasteiger partial charge in [-0.3, -0.25) is 4.90 Å². The van der Waals surface area contributed by atoms with E-state index in [1.165, 1.54) is 11.1 Å². The quantitative estimate of drug-likeness (QED) is 0.619. The second kappa shape index (κ2) is 9.47. The van der Waals surface area contributed by atoms with Crippen LogP contribution in [0.2, 0.25) is 0 Å². The molecule has 0 atom stereocenters. The molecule has 2 heterocycles. The Balaban J connectivity index is 1.38. The van der Waals surface area contributed by atoms with Crippen LogP contribution < -0.4 is 9.80 Å². The molecule has 1 aromatic heterocycles. The standard InChI is InChI=1S/C23H28N6/c1-2-28(19-21-11-7-4-8-12-21)22-17-24-26-23(25-22)29-15-13-27(14-16-29)18-20-9-5-3-6-10-20/h3-12,17H,2,13-16,18-19H2,1H3. The van der Waals surface area contributed by atoms with Gasteiger partial charge in [-0.25, -0.2) is 0 Å². The lowest BCUT2D eigenvalue weighted by molar-refractivity contribution is 0.248. The van der Waals surface area contributed by atoms with Crippen molar-refractivity contribution in [2.24, 2.45) is 0 Å². The third kappa shape index (κ3) is 5.09. The Morgan fingerprint density at radius 3 is 2.17 bits per heavy atom. The highest BCUT2D eigenvalue weighted by Crippen LogP contribution is 2.18. The topological polar surface area (TPSA) is 48.4 Å². The molecule has 3 aromatic rings. The molecule has 6 heteroatoms. The molecule has 0 saturated carbocycles. The van der Waals surface area contributed by atoms with E-state index in [0.29, 0.717) is 0 Å². The summed E-state index contributed by atoms with van der Waals surface area (Å²) in [7, 11) is 0. The average Bonchev–Trinajstić information content (AvgIpc) is 2.79. The molecule has 2 aromatic carbocycles. The largest absolute Gasteiger partial charge is 0.351 e. The summed E-state index contributed by atoms with van der Waals surface area (Å²) in [5.74, 6) is 1.61. The van der Waals surface area contributed by atoms with Crippen LogP contribution in [-0.2, 0) is 13.1 Å². The van der Waals surface area contributed by atoms with E-state index in [-0.39, 0.29) is 0 Å². The number of hydrogen-bond donors (Lipinski definition) is 0. The summed E-state index contributed by atoms with van der Waals surface area (Å²) in [6, 6.07) is 21.1. The maximum absolute atomic E-state index is 4.83. The van der Waals surface area contributed by atoms with Crippen LogP contribution in [0.5, 0.6) is 0 Å². The number of nitrogens with zero attached hydrogens (tertiary/aromatic N) is 6. The smallest absolute Gasteiger partial charge is 0.247 e. The molecule has 1 saturated heterocycles. The summed E-state index contributed by atoms with van der Waals surface area (Å²) in [6.45, 7) is 8.68. The van der Waals surface area contributed by atoms with Gasteiger partial charge in [-0.05, 0) is 18.1 Å². The van der Waals surface area contributed by atoms with Crippen LogP contribution in [0.4, 0.5) is 11.8 Å². The molecule has 1 aliphatic heterocycles. The maximum atomic E-state index is 4.83. The minimum absolute atomic E-state index is 0.730. The Morgan fingerprint density at radius 2 is 1.52 bits per heavy atom. The van der Waals surface area contributed by atoms with E-state index < -0.39 is 0 Å². The van der Waals surface area contributed by atoms with Crippen molar-refractivity contribution in [1.29, 1.82) is 0 Å². The van der Waals surface area contributed by atoms with Gasteiger partial charge in [-0.1, -0.05) is 60.7 Å². The summed E-state index contributed by atoms with van der Waals surface area (Å²) >= 11 is 0. The highest BCUT2D eigenvalue weighted by Gasteiger charge is 2.20. The van der Waals surface area contributed by atoms with Crippen LogP contribution >= 0.6 is 0 Å². The highest BCUT2D eigenvalue weighted by atomic mass is 15.4. The molecule has 6 nitrogen and oxygen atoms in total. The van der Waals surface area contributed by atoms with Gasteiger partial charge in [-0.15, -0.1) is 5.10 Å². The molecular weight excluding hydrogens is 360 g/mol. The Kier molecular flexibility index (Phi) is 6.32. The van der Waals surface area contributed by atoms with Gasteiger partial charge >= 0.3 is 0 Å². The lowest BCUT2D eigenvalue weighted by Gasteiger charge is -2.34. The fourth-order valence-electron chi connectivity index (χ4n) is 3.68. The number of piperazine rings is 1. The first kappa shape index (κ1) is 19.3. The van der Waals surface area contributed by atoms with Crippen molar-refractivity contribution in [3.63, 3.8) is 0 Å². The zero-order valence-electron chi connectivity index (χ0n) is 17.0. The Labute approximate surface area is 172 Å². The monoisotopic (exact) mass is 388 g/mol. The summed E-state index contributed by atoms with van der Waals surface area (Å²) in [4.78, 5) is 11.8. The number of benzene rings is 2. The van der Waals surface area contributed by atoms with Crippen LogP contribution in [0.25, 0.3) is 0 Å². The zero-order valence-corrected chi connectivity index (χ0v) is 17.0. The van der Waals surface area contributed by atoms with Crippen molar-refractivity contribution < 1.29 is 0 Å². The van der Waals surface area contributed by atoms with Crippen LogP contribution in [0.3, 0.4) is 0 Å². The van der Waals surface area contributed by atoms with Gasteiger partial charge < -0.3 is 9.80 Å². The molecule has 1 fully saturated rings. The minimum Gasteiger partial charge on any atom is -0.351 e. The van der Waals surface area contributed by atoms with Gasteiger partial charge in [0.1, 0.15) is 0 Å². The second-order valence-electron chi connectivity index (χ2n) is 7.36. The van der Waals surface area contributed by atoms with Crippen molar-refractivity contribution in [1.82, 2.24) is 20.1 Å². The SMILES string of the molecule is CCN(Cc1ccccc1)c1cnnc(N2CCN(Cc3ccccc3)CC2)n1. The fraction of sp³-hybridized carbons (Fsp3) is 0.348. The lowest BCUT2D eigenvalue weighted by atomic mass is 10.2. The second-order valence-corrected chi connectivity index (χ2v) is 7.36. The van der Waals surface area contributed by atoms with Gasteiger partial charge in [0.15, 0.2) is 5.82 Å². The van der Waals surface area contributed by atoms with Crippen LogP contribution in [0.1, 0.15) is 18.1 Å². The van der Waals surface area contributed by atoms with Crippen molar-refractivity contribution in [2.45, 2.75) is 20.0 Å². The first-order valence-electron chi connectivity index (χ1n) is 10.3. The molecule has 4 rings (SSSR count). The van der Waals surface area contributed by atoms with E-state index in [1.807, 2.05) is 6.07 Å².